The van der Waals surface area contributed by atoms with Gasteiger partial charge in [0.1, 0.15) is 0 Å². The van der Waals surface area contributed by atoms with Crippen LogP contribution in [0.15, 0.2) is 23.7 Å². The van der Waals surface area contributed by atoms with Crippen molar-refractivity contribution in [2.75, 3.05) is 11.9 Å². The van der Waals surface area contributed by atoms with Crippen LogP contribution in [0.3, 0.4) is 0 Å². The van der Waals surface area contributed by atoms with Crippen LogP contribution in [0.4, 0.5) is 5.69 Å². The Kier molecular flexibility index (Phi) is 2.97. The number of rotatable bonds is 2. The number of aromatic nitrogens is 1. The van der Waals surface area contributed by atoms with Crippen molar-refractivity contribution in [1.82, 2.24) is 10.3 Å². The van der Waals surface area contributed by atoms with E-state index in [1.54, 1.807) is 11.3 Å². The molecule has 1 amide bonds. The SMILES string of the molecule is O=C(Nc1ccc2ncsc2c1)C1NCC2CCCC21. The molecule has 1 saturated heterocycles. The Hall–Kier alpha value is -1.46. The summed E-state index contributed by atoms with van der Waals surface area (Å²) in [7, 11) is 0. The van der Waals surface area contributed by atoms with Gasteiger partial charge in [-0.15, -0.1) is 11.3 Å². The maximum Gasteiger partial charge on any atom is 0.241 e. The normalized spacial score (nSPS) is 28.7. The molecule has 0 radical (unpaired) electrons. The van der Waals surface area contributed by atoms with Crippen LogP contribution in [0.2, 0.25) is 0 Å². The number of benzene rings is 1. The molecule has 2 aromatic rings. The Morgan fingerprint density at radius 1 is 1.40 bits per heavy atom. The average molecular weight is 287 g/mol. The summed E-state index contributed by atoms with van der Waals surface area (Å²) >= 11 is 1.60. The summed E-state index contributed by atoms with van der Waals surface area (Å²) in [6.07, 6.45) is 3.73. The molecule has 2 N–H and O–H groups in total. The number of hydrogen-bond donors (Lipinski definition) is 2. The fraction of sp³-hybridized carbons (Fsp3) is 0.467. The highest BCUT2D eigenvalue weighted by molar-refractivity contribution is 7.16. The number of thiazole rings is 1. The number of amides is 1. The minimum Gasteiger partial charge on any atom is -0.325 e. The number of nitrogens with one attached hydrogen (secondary N) is 2. The van der Waals surface area contributed by atoms with Gasteiger partial charge in [-0.3, -0.25) is 4.79 Å². The first-order valence-electron chi connectivity index (χ1n) is 7.19. The quantitative estimate of drug-likeness (QED) is 0.892. The minimum absolute atomic E-state index is 0.0142. The van der Waals surface area contributed by atoms with Crippen LogP contribution in [0.5, 0.6) is 0 Å². The summed E-state index contributed by atoms with van der Waals surface area (Å²) < 4.78 is 1.11. The molecule has 4 rings (SSSR count). The lowest BCUT2D eigenvalue weighted by Crippen LogP contribution is -2.39. The number of carbonyl (C=O) groups excluding carboxylic acids is 1. The molecule has 4 nitrogen and oxygen atoms in total. The lowest BCUT2D eigenvalue weighted by Gasteiger charge is -2.17. The van der Waals surface area contributed by atoms with Gasteiger partial charge in [0.2, 0.25) is 5.91 Å². The van der Waals surface area contributed by atoms with Gasteiger partial charge >= 0.3 is 0 Å². The molecule has 1 aromatic heterocycles. The Morgan fingerprint density at radius 3 is 3.30 bits per heavy atom. The van der Waals surface area contributed by atoms with Crippen LogP contribution in [0.1, 0.15) is 19.3 Å². The Morgan fingerprint density at radius 2 is 2.35 bits per heavy atom. The number of anilines is 1. The van der Waals surface area contributed by atoms with Gasteiger partial charge < -0.3 is 10.6 Å². The van der Waals surface area contributed by atoms with E-state index in [2.05, 4.69) is 15.6 Å². The molecule has 1 aliphatic carbocycles. The molecule has 2 fully saturated rings. The minimum atomic E-state index is -0.0142. The molecule has 3 unspecified atom stereocenters. The van der Waals surface area contributed by atoms with E-state index in [4.69, 9.17) is 0 Å². The lowest BCUT2D eigenvalue weighted by atomic mass is 9.93. The number of hydrogen-bond acceptors (Lipinski definition) is 4. The monoisotopic (exact) mass is 287 g/mol. The standard InChI is InChI=1S/C15H17N3OS/c19-15(14-11-3-1-2-9(11)7-16-14)18-10-4-5-12-13(6-10)20-8-17-12/h4-6,8-9,11,14,16H,1-3,7H2,(H,18,19). The summed E-state index contributed by atoms with van der Waals surface area (Å²) in [5.74, 6) is 1.35. The third kappa shape index (κ3) is 2.01. The second-order valence-corrected chi connectivity index (χ2v) is 6.65. The summed E-state index contributed by atoms with van der Waals surface area (Å²) in [6, 6.07) is 5.88. The Labute approximate surface area is 121 Å². The van der Waals surface area contributed by atoms with Crippen LogP contribution in [0, 0.1) is 11.8 Å². The maximum atomic E-state index is 12.4. The fourth-order valence-corrected chi connectivity index (χ4v) is 4.34. The predicted molar refractivity (Wildman–Crippen MR) is 80.9 cm³/mol. The van der Waals surface area contributed by atoms with Gasteiger partial charge in [0.25, 0.3) is 0 Å². The molecule has 1 aromatic carbocycles. The van der Waals surface area contributed by atoms with E-state index in [0.717, 1.165) is 22.4 Å². The topological polar surface area (TPSA) is 54.0 Å². The average Bonchev–Trinajstić information content (AvgIpc) is 3.13. The highest BCUT2D eigenvalue weighted by atomic mass is 32.1. The van der Waals surface area contributed by atoms with E-state index in [9.17, 15) is 4.79 Å². The second kappa shape index (κ2) is 4.82. The predicted octanol–water partition coefficient (Wildman–Crippen LogP) is 2.62. The first kappa shape index (κ1) is 12.3. The van der Waals surface area contributed by atoms with E-state index in [1.807, 2.05) is 23.7 Å². The largest absolute Gasteiger partial charge is 0.325 e. The van der Waals surface area contributed by atoms with E-state index >= 15 is 0 Å². The van der Waals surface area contributed by atoms with Crippen molar-refractivity contribution in [2.24, 2.45) is 11.8 Å². The van der Waals surface area contributed by atoms with Gasteiger partial charge in [-0.05, 0) is 49.4 Å². The summed E-state index contributed by atoms with van der Waals surface area (Å²) in [5, 5.41) is 6.44. The van der Waals surface area contributed by atoms with Crippen LogP contribution in [-0.4, -0.2) is 23.5 Å². The molecule has 0 bridgehead atoms. The zero-order chi connectivity index (χ0) is 13.5. The highest BCUT2D eigenvalue weighted by Crippen LogP contribution is 2.38. The molecule has 2 aliphatic rings. The first-order valence-corrected chi connectivity index (χ1v) is 8.07. The smallest absolute Gasteiger partial charge is 0.241 e. The molecule has 2 heterocycles. The number of fused-ring (bicyclic) bond motifs is 2. The molecule has 1 aliphatic heterocycles. The third-order valence-corrected chi connectivity index (χ3v) is 5.42. The lowest BCUT2D eigenvalue weighted by molar-refractivity contribution is -0.118. The zero-order valence-electron chi connectivity index (χ0n) is 11.1. The summed E-state index contributed by atoms with van der Waals surface area (Å²) in [5.41, 5.74) is 3.69. The molecular formula is C15H17N3OS. The van der Waals surface area contributed by atoms with E-state index in [0.29, 0.717) is 11.8 Å². The molecule has 0 spiro atoms. The van der Waals surface area contributed by atoms with Crippen LogP contribution < -0.4 is 10.6 Å². The van der Waals surface area contributed by atoms with Crippen LogP contribution in [0.25, 0.3) is 10.2 Å². The molecular weight excluding hydrogens is 270 g/mol. The van der Waals surface area contributed by atoms with Gasteiger partial charge in [0.05, 0.1) is 21.8 Å². The number of nitrogens with zero attached hydrogens (tertiary/aromatic N) is 1. The van der Waals surface area contributed by atoms with E-state index in [1.165, 1.54) is 19.3 Å². The molecule has 20 heavy (non-hydrogen) atoms. The van der Waals surface area contributed by atoms with Gasteiger partial charge in [0.15, 0.2) is 0 Å². The van der Waals surface area contributed by atoms with Crippen molar-refractivity contribution >= 4 is 33.1 Å². The van der Waals surface area contributed by atoms with Gasteiger partial charge in [0, 0.05) is 5.69 Å². The molecule has 1 saturated carbocycles. The first-order chi connectivity index (χ1) is 9.81. The Balaban J connectivity index is 1.51. The maximum absolute atomic E-state index is 12.4. The van der Waals surface area contributed by atoms with Crippen molar-refractivity contribution in [3.05, 3.63) is 23.7 Å². The van der Waals surface area contributed by atoms with E-state index in [-0.39, 0.29) is 11.9 Å². The number of carbonyl (C=O) groups is 1. The van der Waals surface area contributed by atoms with Crippen molar-refractivity contribution in [3.63, 3.8) is 0 Å². The highest BCUT2D eigenvalue weighted by Gasteiger charge is 2.42. The zero-order valence-corrected chi connectivity index (χ0v) is 12.0. The van der Waals surface area contributed by atoms with Gasteiger partial charge in [-0.1, -0.05) is 6.42 Å². The third-order valence-electron chi connectivity index (χ3n) is 4.63. The Bertz CT molecular complexity index is 653. The van der Waals surface area contributed by atoms with Gasteiger partial charge in [-0.25, -0.2) is 4.98 Å². The van der Waals surface area contributed by atoms with Crippen molar-refractivity contribution in [1.29, 1.82) is 0 Å². The van der Waals surface area contributed by atoms with Crippen molar-refractivity contribution < 1.29 is 4.79 Å². The summed E-state index contributed by atoms with van der Waals surface area (Å²) in [4.78, 5) is 16.7. The molecule has 3 atom stereocenters. The summed E-state index contributed by atoms with van der Waals surface area (Å²) in [6.45, 7) is 0.997. The second-order valence-electron chi connectivity index (χ2n) is 5.76. The van der Waals surface area contributed by atoms with Crippen LogP contribution in [-0.2, 0) is 4.79 Å². The van der Waals surface area contributed by atoms with Crippen molar-refractivity contribution in [3.8, 4) is 0 Å². The molecule has 5 heteroatoms. The fourth-order valence-electron chi connectivity index (χ4n) is 3.63. The van der Waals surface area contributed by atoms with Crippen molar-refractivity contribution in [2.45, 2.75) is 25.3 Å². The van der Waals surface area contributed by atoms with Crippen LogP contribution >= 0.6 is 11.3 Å². The van der Waals surface area contributed by atoms with E-state index < -0.39 is 0 Å². The van der Waals surface area contributed by atoms with Gasteiger partial charge in [-0.2, -0.15) is 0 Å². The molecule has 104 valence electrons.